The summed E-state index contributed by atoms with van der Waals surface area (Å²) in [6.07, 6.45) is 5.60. The second-order valence-electron chi connectivity index (χ2n) is 6.46. The largest absolute Gasteiger partial charge is 0.355 e. The molecule has 0 saturated carbocycles. The summed E-state index contributed by atoms with van der Waals surface area (Å²) in [7, 11) is 1.76. The summed E-state index contributed by atoms with van der Waals surface area (Å²) in [5.74, 6) is 0.589. The van der Waals surface area contributed by atoms with E-state index in [-0.39, 0.29) is 11.9 Å². The second-order valence-corrected chi connectivity index (χ2v) is 7.81. The second kappa shape index (κ2) is 7.25. The van der Waals surface area contributed by atoms with Gasteiger partial charge in [-0.2, -0.15) is 5.10 Å². The lowest BCUT2D eigenvalue weighted by atomic mass is 10.1. The molecule has 136 valence electrons. The fourth-order valence-electron chi connectivity index (χ4n) is 3.38. The molecule has 3 aromatic rings. The number of nitrogens with zero attached hydrogens (tertiary/aromatic N) is 4. The van der Waals surface area contributed by atoms with Crippen molar-refractivity contribution >= 4 is 28.8 Å². The number of halogens is 1. The number of amides is 1. The van der Waals surface area contributed by atoms with E-state index in [2.05, 4.69) is 10.3 Å². The molecule has 1 fully saturated rings. The third-order valence-corrected chi connectivity index (χ3v) is 5.80. The maximum absolute atomic E-state index is 13.1. The number of rotatable bonds is 3. The average molecular weight is 391 g/mol. The normalized spacial score (nSPS) is 18.1. The first-order valence-electron chi connectivity index (χ1n) is 8.64. The quantitative estimate of drug-likeness (QED) is 0.658. The maximum atomic E-state index is 13.1. The molecule has 6 nitrogen and oxygen atoms in total. The molecular formula is C18H19ClN4O2S. The Morgan fingerprint density at radius 2 is 2.27 bits per heavy atom. The van der Waals surface area contributed by atoms with Gasteiger partial charge in [0, 0.05) is 25.9 Å². The molecule has 4 heterocycles. The average Bonchev–Trinajstić information content (AvgIpc) is 3.33. The highest BCUT2D eigenvalue weighted by Crippen LogP contribution is 2.34. The van der Waals surface area contributed by atoms with Gasteiger partial charge in [-0.25, -0.2) is 0 Å². The van der Waals surface area contributed by atoms with Gasteiger partial charge in [-0.3, -0.25) is 9.48 Å². The number of aromatic nitrogens is 3. The lowest BCUT2D eigenvalue weighted by Gasteiger charge is -2.28. The van der Waals surface area contributed by atoms with Crippen molar-refractivity contribution in [2.75, 3.05) is 6.54 Å². The number of hydrogen-bond donors (Lipinski definition) is 0. The Hall–Kier alpha value is -2.12. The van der Waals surface area contributed by atoms with Crippen molar-refractivity contribution in [1.29, 1.82) is 0 Å². The smallest absolute Gasteiger partial charge is 0.276 e. The molecular weight excluding hydrogens is 372 g/mol. The maximum Gasteiger partial charge on any atom is 0.276 e. The molecule has 1 aliphatic rings. The van der Waals surface area contributed by atoms with Crippen molar-refractivity contribution in [3.63, 3.8) is 0 Å². The number of hydrogen-bond acceptors (Lipinski definition) is 5. The van der Waals surface area contributed by atoms with Crippen molar-refractivity contribution in [3.8, 4) is 10.6 Å². The molecule has 1 saturated heterocycles. The van der Waals surface area contributed by atoms with Gasteiger partial charge >= 0.3 is 0 Å². The predicted octanol–water partition coefficient (Wildman–Crippen LogP) is 4.55. The van der Waals surface area contributed by atoms with Crippen LogP contribution in [-0.2, 0) is 7.05 Å². The fourth-order valence-corrected chi connectivity index (χ4v) is 4.31. The number of thiophene rings is 1. The van der Waals surface area contributed by atoms with E-state index in [4.69, 9.17) is 16.1 Å². The minimum Gasteiger partial charge on any atom is -0.355 e. The summed E-state index contributed by atoms with van der Waals surface area (Å²) in [5, 5.41) is 10.9. The topological polar surface area (TPSA) is 64.2 Å². The van der Waals surface area contributed by atoms with Gasteiger partial charge in [0.1, 0.15) is 5.69 Å². The van der Waals surface area contributed by atoms with E-state index in [1.807, 2.05) is 28.5 Å². The Morgan fingerprint density at radius 3 is 3.00 bits per heavy atom. The van der Waals surface area contributed by atoms with Gasteiger partial charge < -0.3 is 9.42 Å². The summed E-state index contributed by atoms with van der Waals surface area (Å²) in [5.41, 5.74) is 1.08. The van der Waals surface area contributed by atoms with Crippen LogP contribution in [0.15, 0.2) is 34.3 Å². The van der Waals surface area contributed by atoms with Crippen LogP contribution in [0.25, 0.3) is 10.6 Å². The molecule has 0 aliphatic carbocycles. The molecule has 1 aliphatic heterocycles. The van der Waals surface area contributed by atoms with Gasteiger partial charge in [0.25, 0.3) is 5.91 Å². The Balaban J connectivity index is 1.66. The molecule has 1 atom stereocenters. The highest BCUT2D eigenvalue weighted by atomic mass is 35.5. The van der Waals surface area contributed by atoms with Crippen LogP contribution in [0.5, 0.6) is 0 Å². The standard InChI is InChI=1S/C18H19ClN4O2S/c1-22-11-12(19)17(20-22)18(24)23-8-4-2-3-6-14(23)13-10-15(25-21-13)16-7-5-9-26-16/h5,7,9-11,14H,2-4,6,8H2,1H3/t14-/m1/s1. The van der Waals surface area contributed by atoms with Crippen LogP contribution in [0.3, 0.4) is 0 Å². The molecule has 0 bridgehead atoms. The van der Waals surface area contributed by atoms with Crippen molar-refractivity contribution in [3.05, 3.63) is 46.2 Å². The molecule has 0 spiro atoms. The Labute approximate surface area is 160 Å². The Morgan fingerprint density at radius 1 is 1.38 bits per heavy atom. The van der Waals surface area contributed by atoms with Crippen molar-refractivity contribution in [2.24, 2.45) is 7.05 Å². The number of likely N-dealkylation sites (tertiary alicyclic amines) is 1. The van der Waals surface area contributed by atoms with Gasteiger partial charge in [-0.05, 0) is 24.3 Å². The van der Waals surface area contributed by atoms with Gasteiger partial charge in [0.15, 0.2) is 11.5 Å². The monoisotopic (exact) mass is 390 g/mol. The minimum absolute atomic E-state index is 0.125. The highest BCUT2D eigenvalue weighted by molar-refractivity contribution is 7.13. The zero-order chi connectivity index (χ0) is 18.1. The van der Waals surface area contributed by atoms with Gasteiger partial charge in [-0.15, -0.1) is 11.3 Å². The first-order valence-corrected chi connectivity index (χ1v) is 9.90. The molecule has 0 unspecified atom stereocenters. The van der Waals surface area contributed by atoms with Crippen molar-refractivity contribution in [1.82, 2.24) is 19.8 Å². The van der Waals surface area contributed by atoms with Crippen LogP contribution in [-0.4, -0.2) is 32.3 Å². The molecule has 8 heteroatoms. The summed E-state index contributed by atoms with van der Waals surface area (Å²) >= 11 is 7.81. The zero-order valence-corrected chi connectivity index (χ0v) is 16.0. The van der Waals surface area contributed by atoms with Gasteiger partial charge in [-0.1, -0.05) is 35.7 Å². The molecule has 0 aromatic carbocycles. The summed E-state index contributed by atoms with van der Waals surface area (Å²) in [6.45, 7) is 0.664. The summed E-state index contributed by atoms with van der Waals surface area (Å²) in [6, 6.07) is 5.80. The molecule has 4 rings (SSSR count). The molecule has 26 heavy (non-hydrogen) atoms. The first kappa shape index (κ1) is 17.3. The van der Waals surface area contributed by atoms with Crippen LogP contribution in [0.2, 0.25) is 5.02 Å². The van der Waals surface area contributed by atoms with E-state index in [0.29, 0.717) is 17.3 Å². The van der Waals surface area contributed by atoms with Crippen molar-refractivity contribution in [2.45, 2.75) is 31.7 Å². The minimum atomic E-state index is -0.150. The Kier molecular flexibility index (Phi) is 4.82. The number of aryl methyl sites for hydroxylation is 1. The van der Waals surface area contributed by atoms with Crippen LogP contribution in [0.4, 0.5) is 0 Å². The molecule has 1 amide bonds. The zero-order valence-electron chi connectivity index (χ0n) is 14.4. The third kappa shape index (κ3) is 3.29. The van der Waals surface area contributed by atoms with Crippen LogP contribution < -0.4 is 0 Å². The third-order valence-electron chi connectivity index (χ3n) is 4.63. The van der Waals surface area contributed by atoms with Crippen LogP contribution >= 0.6 is 22.9 Å². The predicted molar refractivity (Wildman–Crippen MR) is 100 cm³/mol. The van der Waals surface area contributed by atoms with E-state index >= 15 is 0 Å². The number of carbonyl (C=O) groups is 1. The van der Waals surface area contributed by atoms with E-state index in [1.54, 1.807) is 29.3 Å². The molecule has 3 aromatic heterocycles. The van der Waals surface area contributed by atoms with Crippen LogP contribution in [0, 0.1) is 0 Å². The van der Waals surface area contributed by atoms with E-state index in [9.17, 15) is 4.79 Å². The number of carbonyl (C=O) groups excluding carboxylic acids is 1. The summed E-state index contributed by atoms with van der Waals surface area (Å²) < 4.78 is 7.10. The highest BCUT2D eigenvalue weighted by Gasteiger charge is 2.32. The first-order chi connectivity index (χ1) is 12.6. The lowest BCUT2D eigenvalue weighted by Crippen LogP contribution is -2.35. The van der Waals surface area contributed by atoms with Crippen LogP contribution in [0.1, 0.15) is 47.9 Å². The van der Waals surface area contributed by atoms with Gasteiger partial charge in [0.2, 0.25) is 0 Å². The molecule has 0 N–H and O–H groups in total. The SMILES string of the molecule is Cn1cc(Cl)c(C(=O)N2CCCCC[C@@H]2c2cc(-c3cccs3)on2)n1. The lowest BCUT2D eigenvalue weighted by molar-refractivity contribution is 0.0667. The van der Waals surface area contributed by atoms with Gasteiger partial charge in [0.05, 0.1) is 15.9 Å². The van der Waals surface area contributed by atoms with E-state index in [1.165, 1.54) is 0 Å². The van der Waals surface area contributed by atoms with E-state index in [0.717, 1.165) is 42.0 Å². The Bertz CT molecular complexity index is 902. The van der Waals surface area contributed by atoms with E-state index < -0.39 is 0 Å². The molecule has 0 radical (unpaired) electrons. The fraction of sp³-hybridized carbons (Fsp3) is 0.389. The van der Waals surface area contributed by atoms with Crippen molar-refractivity contribution < 1.29 is 9.32 Å². The summed E-state index contributed by atoms with van der Waals surface area (Å²) in [4.78, 5) is 16.0.